The molecule has 0 saturated heterocycles. The second-order valence-electron chi connectivity index (χ2n) is 6.96. The van der Waals surface area contributed by atoms with Crippen molar-refractivity contribution in [1.29, 1.82) is 0 Å². The fourth-order valence-electron chi connectivity index (χ4n) is 3.24. The van der Waals surface area contributed by atoms with Gasteiger partial charge in [0.15, 0.2) is 0 Å². The highest BCUT2D eigenvalue weighted by Gasteiger charge is 2.10. The molecule has 0 aliphatic heterocycles. The molecule has 2 N–H and O–H groups in total. The van der Waals surface area contributed by atoms with E-state index >= 15 is 0 Å². The Labute approximate surface area is 184 Å². The molecule has 2 aromatic carbocycles. The Kier molecular flexibility index (Phi) is 6.03. The molecule has 158 valence electrons. The zero-order valence-corrected chi connectivity index (χ0v) is 18.4. The van der Waals surface area contributed by atoms with Crippen LogP contribution in [0.1, 0.15) is 30.0 Å². The van der Waals surface area contributed by atoms with Crippen molar-refractivity contribution in [1.82, 2.24) is 18.7 Å². The SMILES string of the molecule is CCN(CC)c1cc(Nc2ccc(NC(=O)c3ccc4nsnc4c3)cc2)nc(C)n1. The molecular weight excluding hydrogens is 410 g/mol. The lowest BCUT2D eigenvalue weighted by Gasteiger charge is -2.20. The van der Waals surface area contributed by atoms with Gasteiger partial charge in [-0.05, 0) is 63.2 Å². The van der Waals surface area contributed by atoms with Crippen molar-refractivity contribution >= 4 is 51.7 Å². The minimum absolute atomic E-state index is 0.189. The maximum atomic E-state index is 12.6. The zero-order chi connectivity index (χ0) is 21.8. The minimum Gasteiger partial charge on any atom is -0.357 e. The first-order valence-electron chi connectivity index (χ1n) is 10.1. The monoisotopic (exact) mass is 433 g/mol. The van der Waals surface area contributed by atoms with Gasteiger partial charge in [0.1, 0.15) is 28.5 Å². The Bertz CT molecular complexity index is 1200. The highest BCUT2D eigenvalue weighted by Crippen LogP contribution is 2.22. The van der Waals surface area contributed by atoms with Gasteiger partial charge < -0.3 is 15.5 Å². The standard InChI is InChI=1S/C22H23N7OS/c1-4-29(5-2)21-13-20(23-14(3)24-21)25-16-7-9-17(10-8-16)26-22(30)15-6-11-18-19(12-15)28-31-27-18/h6-13H,4-5H2,1-3H3,(H,26,30)(H,23,24,25). The topological polar surface area (TPSA) is 95.9 Å². The molecule has 0 radical (unpaired) electrons. The molecule has 8 nitrogen and oxygen atoms in total. The number of fused-ring (bicyclic) bond motifs is 1. The quantitative estimate of drug-likeness (QED) is 0.438. The molecule has 2 heterocycles. The Hall–Kier alpha value is -3.59. The number of benzene rings is 2. The third kappa shape index (κ3) is 4.77. The largest absolute Gasteiger partial charge is 0.357 e. The number of nitrogens with one attached hydrogen (secondary N) is 2. The summed E-state index contributed by atoms with van der Waals surface area (Å²) in [5.74, 6) is 2.15. The summed E-state index contributed by atoms with van der Waals surface area (Å²) in [6.07, 6.45) is 0. The van der Waals surface area contributed by atoms with Gasteiger partial charge in [-0.3, -0.25) is 4.79 Å². The van der Waals surface area contributed by atoms with Crippen molar-refractivity contribution in [3.05, 3.63) is 59.9 Å². The third-order valence-electron chi connectivity index (χ3n) is 4.84. The van der Waals surface area contributed by atoms with Gasteiger partial charge in [0.25, 0.3) is 5.91 Å². The average Bonchev–Trinajstić information content (AvgIpc) is 3.23. The lowest BCUT2D eigenvalue weighted by Crippen LogP contribution is -2.23. The van der Waals surface area contributed by atoms with Gasteiger partial charge in [0, 0.05) is 36.1 Å². The highest BCUT2D eigenvalue weighted by molar-refractivity contribution is 7.00. The van der Waals surface area contributed by atoms with E-state index < -0.39 is 0 Å². The Morgan fingerprint density at radius 3 is 2.39 bits per heavy atom. The van der Waals surface area contributed by atoms with Crippen molar-refractivity contribution in [2.45, 2.75) is 20.8 Å². The molecule has 1 amide bonds. The lowest BCUT2D eigenvalue weighted by atomic mass is 10.2. The van der Waals surface area contributed by atoms with Gasteiger partial charge >= 0.3 is 0 Å². The summed E-state index contributed by atoms with van der Waals surface area (Å²) in [5, 5.41) is 6.22. The van der Waals surface area contributed by atoms with Gasteiger partial charge in [-0.1, -0.05) is 0 Å². The summed E-state index contributed by atoms with van der Waals surface area (Å²) in [7, 11) is 0. The van der Waals surface area contributed by atoms with E-state index in [1.54, 1.807) is 18.2 Å². The lowest BCUT2D eigenvalue weighted by molar-refractivity contribution is 0.102. The first kappa shape index (κ1) is 20.7. The van der Waals surface area contributed by atoms with E-state index in [0.29, 0.717) is 17.1 Å². The van der Waals surface area contributed by atoms with E-state index in [1.165, 1.54) is 0 Å². The van der Waals surface area contributed by atoms with Crippen LogP contribution in [0.2, 0.25) is 0 Å². The van der Waals surface area contributed by atoms with Crippen LogP contribution in [0.3, 0.4) is 0 Å². The molecule has 0 spiro atoms. The first-order chi connectivity index (χ1) is 15.1. The normalized spacial score (nSPS) is 10.8. The number of carbonyl (C=O) groups excluding carboxylic acids is 1. The molecule has 9 heteroatoms. The van der Waals surface area contributed by atoms with E-state index in [4.69, 9.17) is 0 Å². The number of rotatable bonds is 7. The van der Waals surface area contributed by atoms with Crippen molar-refractivity contribution in [3.8, 4) is 0 Å². The smallest absolute Gasteiger partial charge is 0.255 e. The summed E-state index contributed by atoms with van der Waals surface area (Å²) < 4.78 is 8.34. The fourth-order valence-corrected chi connectivity index (χ4v) is 3.75. The van der Waals surface area contributed by atoms with E-state index in [-0.39, 0.29) is 5.91 Å². The molecule has 2 aromatic heterocycles. The van der Waals surface area contributed by atoms with Crippen LogP contribution in [-0.4, -0.2) is 37.7 Å². The van der Waals surface area contributed by atoms with Crippen LogP contribution in [0.25, 0.3) is 11.0 Å². The maximum Gasteiger partial charge on any atom is 0.255 e. The van der Waals surface area contributed by atoms with Gasteiger partial charge in [0.05, 0.1) is 11.7 Å². The molecule has 4 aromatic rings. The Balaban J connectivity index is 1.45. The molecular formula is C22H23N7OS. The van der Waals surface area contributed by atoms with Crippen molar-refractivity contribution in [2.75, 3.05) is 28.6 Å². The highest BCUT2D eigenvalue weighted by atomic mass is 32.1. The van der Waals surface area contributed by atoms with E-state index in [0.717, 1.165) is 53.2 Å². The van der Waals surface area contributed by atoms with Crippen LogP contribution < -0.4 is 15.5 Å². The number of hydrogen-bond donors (Lipinski definition) is 2. The maximum absolute atomic E-state index is 12.6. The molecule has 0 bridgehead atoms. The number of aromatic nitrogens is 4. The Morgan fingerprint density at radius 1 is 0.935 bits per heavy atom. The second-order valence-corrected chi connectivity index (χ2v) is 7.48. The van der Waals surface area contributed by atoms with Crippen LogP contribution in [0.15, 0.2) is 48.5 Å². The van der Waals surface area contributed by atoms with Crippen LogP contribution in [0, 0.1) is 6.92 Å². The summed E-state index contributed by atoms with van der Waals surface area (Å²) in [6.45, 7) is 7.86. The second kappa shape index (κ2) is 9.05. The summed E-state index contributed by atoms with van der Waals surface area (Å²) in [6, 6.07) is 14.7. The third-order valence-corrected chi connectivity index (χ3v) is 5.40. The number of hydrogen-bond acceptors (Lipinski definition) is 8. The van der Waals surface area contributed by atoms with Gasteiger partial charge in [-0.2, -0.15) is 8.75 Å². The van der Waals surface area contributed by atoms with Gasteiger partial charge in [-0.15, -0.1) is 0 Å². The number of aryl methyl sites for hydroxylation is 1. The predicted octanol–water partition coefficient (Wildman–Crippen LogP) is 4.63. The molecule has 0 atom stereocenters. The van der Waals surface area contributed by atoms with E-state index in [9.17, 15) is 4.79 Å². The van der Waals surface area contributed by atoms with Crippen LogP contribution >= 0.6 is 11.7 Å². The minimum atomic E-state index is -0.189. The number of carbonyl (C=O) groups is 1. The van der Waals surface area contributed by atoms with Crippen LogP contribution in [0.5, 0.6) is 0 Å². The molecule has 0 saturated carbocycles. The first-order valence-corrected chi connectivity index (χ1v) is 10.8. The number of nitrogens with zero attached hydrogens (tertiary/aromatic N) is 5. The summed E-state index contributed by atoms with van der Waals surface area (Å²) in [5.41, 5.74) is 3.64. The van der Waals surface area contributed by atoms with Crippen LogP contribution in [0.4, 0.5) is 23.0 Å². The van der Waals surface area contributed by atoms with Gasteiger partial charge in [0.2, 0.25) is 0 Å². The van der Waals surface area contributed by atoms with E-state index in [2.05, 4.69) is 48.1 Å². The number of amides is 1. The average molecular weight is 434 g/mol. The molecule has 0 aliphatic carbocycles. The van der Waals surface area contributed by atoms with E-state index in [1.807, 2.05) is 37.3 Å². The molecule has 31 heavy (non-hydrogen) atoms. The molecule has 0 aliphatic rings. The zero-order valence-electron chi connectivity index (χ0n) is 17.6. The summed E-state index contributed by atoms with van der Waals surface area (Å²) in [4.78, 5) is 23.7. The fraction of sp³-hybridized carbons (Fsp3) is 0.227. The van der Waals surface area contributed by atoms with Crippen LogP contribution in [-0.2, 0) is 0 Å². The molecule has 0 fully saturated rings. The van der Waals surface area contributed by atoms with Gasteiger partial charge in [-0.25, -0.2) is 9.97 Å². The van der Waals surface area contributed by atoms with Crippen molar-refractivity contribution < 1.29 is 4.79 Å². The van der Waals surface area contributed by atoms with Crippen molar-refractivity contribution in [2.24, 2.45) is 0 Å². The number of anilines is 4. The van der Waals surface area contributed by atoms with Crippen molar-refractivity contribution in [3.63, 3.8) is 0 Å². The molecule has 0 unspecified atom stereocenters. The predicted molar refractivity (Wildman–Crippen MR) is 125 cm³/mol. The summed E-state index contributed by atoms with van der Waals surface area (Å²) >= 11 is 1.13. The molecule has 4 rings (SSSR count). The Morgan fingerprint density at radius 2 is 1.65 bits per heavy atom.